The van der Waals surface area contributed by atoms with Gasteiger partial charge in [0.05, 0.1) is 25.4 Å². The van der Waals surface area contributed by atoms with Gasteiger partial charge in [0.1, 0.15) is 0 Å². The number of rotatable bonds is 3. The number of nitrogens with zero attached hydrogens (tertiary/aromatic N) is 1. The first-order valence-electron chi connectivity index (χ1n) is 6.29. The molecule has 0 spiro atoms. The second-order valence-electron chi connectivity index (χ2n) is 4.68. The van der Waals surface area contributed by atoms with Crippen LogP contribution in [0, 0.1) is 0 Å². The summed E-state index contributed by atoms with van der Waals surface area (Å²) in [5.74, 6) is 0. The fourth-order valence-electron chi connectivity index (χ4n) is 2.68. The van der Waals surface area contributed by atoms with E-state index in [1.54, 1.807) is 6.20 Å². The Bertz CT molecular complexity index is 358. The molecule has 0 radical (unpaired) electrons. The van der Waals surface area contributed by atoms with Crippen molar-refractivity contribution in [3.05, 3.63) is 30.1 Å². The maximum absolute atomic E-state index is 5.95. The summed E-state index contributed by atoms with van der Waals surface area (Å²) in [4.78, 5) is 4.09. The predicted molar refractivity (Wildman–Crippen MR) is 63.6 cm³/mol. The average molecular weight is 234 g/mol. The molecule has 0 aromatic carbocycles. The Kier molecular flexibility index (Phi) is 3.36. The number of morpholine rings is 1. The van der Waals surface area contributed by atoms with Crippen molar-refractivity contribution < 1.29 is 9.47 Å². The zero-order valence-corrected chi connectivity index (χ0v) is 9.84. The summed E-state index contributed by atoms with van der Waals surface area (Å²) in [6.07, 6.45) is 6.34. The molecule has 0 amide bonds. The third kappa shape index (κ3) is 2.49. The summed E-state index contributed by atoms with van der Waals surface area (Å²) >= 11 is 0. The van der Waals surface area contributed by atoms with Gasteiger partial charge in [-0.05, 0) is 24.5 Å². The van der Waals surface area contributed by atoms with Crippen LogP contribution >= 0.6 is 0 Å². The van der Waals surface area contributed by atoms with Gasteiger partial charge in [-0.15, -0.1) is 0 Å². The van der Waals surface area contributed by atoms with Gasteiger partial charge in [-0.2, -0.15) is 0 Å². The molecule has 0 unspecified atom stereocenters. The van der Waals surface area contributed by atoms with Crippen molar-refractivity contribution in [2.75, 3.05) is 13.2 Å². The highest BCUT2D eigenvalue weighted by atomic mass is 16.5. The van der Waals surface area contributed by atoms with Crippen LogP contribution in [0.5, 0.6) is 0 Å². The topological polar surface area (TPSA) is 43.4 Å². The molecule has 1 saturated carbocycles. The van der Waals surface area contributed by atoms with Crippen LogP contribution in [-0.2, 0) is 16.1 Å². The van der Waals surface area contributed by atoms with E-state index in [1.165, 1.54) is 0 Å². The molecule has 2 aliphatic rings. The van der Waals surface area contributed by atoms with E-state index in [-0.39, 0.29) is 12.2 Å². The first-order valence-corrected chi connectivity index (χ1v) is 6.29. The molecule has 4 nitrogen and oxygen atoms in total. The molecule has 4 heteroatoms. The van der Waals surface area contributed by atoms with E-state index >= 15 is 0 Å². The number of fused-ring (bicyclic) bond motifs is 1. The zero-order chi connectivity index (χ0) is 11.5. The molecule has 2 heterocycles. The van der Waals surface area contributed by atoms with Crippen LogP contribution in [-0.4, -0.2) is 36.4 Å². The molecule has 1 aromatic rings. The summed E-state index contributed by atoms with van der Waals surface area (Å²) in [6, 6.07) is 4.47. The van der Waals surface area contributed by atoms with Crippen molar-refractivity contribution in [3.8, 4) is 0 Å². The van der Waals surface area contributed by atoms with Crippen LogP contribution < -0.4 is 5.32 Å². The van der Waals surface area contributed by atoms with Crippen LogP contribution in [0.15, 0.2) is 24.5 Å². The van der Waals surface area contributed by atoms with Crippen molar-refractivity contribution in [1.29, 1.82) is 0 Å². The molecule has 1 aromatic heterocycles. The second-order valence-corrected chi connectivity index (χ2v) is 4.68. The molecule has 17 heavy (non-hydrogen) atoms. The van der Waals surface area contributed by atoms with Crippen LogP contribution in [0.4, 0.5) is 0 Å². The lowest BCUT2D eigenvalue weighted by molar-refractivity contribution is -0.0836. The molecule has 1 aliphatic carbocycles. The average Bonchev–Trinajstić information content (AvgIpc) is 2.81. The molecule has 3 atom stereocenters. The second kappa shape index (κ2) is 5.12. The van der Waals surface area contributed by atoms with E-state index in [4.69, 9.17) is 9.47 Å². The summed E-state index contributed by atoms with van der Waals surface area (Å²) in [6.45, 7) is 2.40. The SMILES string of the molecule is c1cncc(CO[C@@H]2CC[C@@H]3NCCO[C@H]32)c1. The summed E-state index contributed by atoms with van der Waals surface area (Å²) in [5.41, 5.74) is 1.12. The Hall–Kier alpha value is -0.970. The molecule has 1 saturated heterocycles. The molecule has 1 N–H and O–H groups in total. The largest absolute Gasteiger partial charge is 0.373 e. The van der Waals surface area contributed by atoms with E-state index in [1.807, 2.05) is 18.3 Å². The van der Waals surface area contributed by atoms with Gasteiger partial charge >= 0.3 is 0 Å². The monoisotopic (exact) mass is 234 g/mol. The molecule has 0 bridgehead atoms. The van der Waals surface area contributed by atoms with Crippen LogP contribution in [0.1, 0.15) is 18.4 Å². The van der Waals surface area contributed by atoms with Crippen molar-refractivity contribution in [2.45, 2.75) is 37.7 Å². The molecular formula is C13H18N2O2. The maximum Gasteiger partial charge on any atom is 0.0989 e. The molecule has 3 rings (SSSR count). The standard InChI is InChI=1S/C13H18N2O2/c1-2-10(8-14-5-1)9-17-12-4-3-11-13(12)16-7-6-15-11/h1-2,5,8,11-13,15H,3-4,6-7,9H2/t11-,12+,13+/m0/s1. The zero-order valence-electron chi connectivity index (χ0n) is 9.84. The van der Waals surface area contributed by atoms with Crippen LogP contribution in [0.2, 0.25) is 0 Å². The molecule has 92 valence electrons. The number of nitrogens with one attached hydrogen (secondary N) is 1. The van der Waals surface area contributed by atoms with Gasteiger partial charge in [-0.3, -0.25) is 4.98 Å². The first-order chi connectivity index (χ1) is 8.43. The third-order valence-corrected chi connectivity index (χ3v) is 3.53. The van der Waals surface area contributed by atoms with E-state index in [2.05, 4.69) is 10.3 Å². The van der Waals surface area contributed by atoms with E-state index in [0.29, 0.717) is 12.6 Å². The number of aromatic nitrogens is 1. The van der Waals surface area contributed by atoms with E-state index in [0.717, 1.165) is 31.6 Å². The summed E-state index contributed by atoms with van der Waals surface area (Å²) in [5, 5.41) is 3.49. The van der Waals surface area contributed by atoms with Crippen molar-refractivity contribution in [2.24, 2.45) is 0 Å². The molecule has 2 fully saturated rings. The molecular weight excluding hydrogens is 216 g/mol. The Labute approximate surface area is 101 Å². The Morgan fingerprint density at radius 1 is 1.47 bits per heavy atom. The van der Waals surface area contributed by atoms with E-state index in [9.17, 15) is 0 Å². The highest BCUT2D eigenvalue weighted by molar-refractivity contribution is 5.07. The lowest BCUT2D eigenvalue weighted by atomic mass is 10.1. The maximum atomic E-state index is 5.95. The Balaban J connectivity index is 1.55. The smallest absolute Gasteiger partial charge is 0.0989 e. The summed E-state index contributed by atoms with van der Waals surface area (Å²) in [7, 11) is 0. The van der Waals surface area contributed by atoms with Gasteiger partial charge in [0.15, 0.2) is 0 Å². The van der Waals surface area contributed by atoms with Crippen molar-refractivity contribution >= 4 is 0 Å². The Morgan fingerprint density at radius 3 is 3.35 bits per heavy atom. The van der Waals surface area contributed by atoms with Crippen LogP contribution in [0.3, 0.4) is 0 Å². The normalized spacial score (nSPS) is 32.4. The fourth-order valence-corrected chi connectivity index (χ4v) is 2.68. The third-order valence-electron chi connectivity index (χ3n) is 3.53. The number of pyridine rings is 1. The van der Waals surface area contributed by atoms with E-state index < -0.39 is 0 Å². The molecule has 1 aliphatic heterocycles. The summed E-state index contributed by atoms with van der Waals surface area (Å²) < 4.78 is 11.8. The van der Waals surface area contributed by atoms with Crippen LogP contribution in [0.25, 0.3) is 0 Å². The van der Waals surface area contributed by atoms with Gasteiger partial charge in [0.25, 0.3) is 0 Å². The van der Waals surface area contributed by atoms with Gasteiger partial charge in [0.2, 0.25) is 0 Å². The fraction of sp³-hybridized carbons (Fsp3) is 0.615. The van der Waals surface area contributed by atoms with Gasteiger partial charge in [-0.25, -0.2) is 0 Å². The minimum absolute atomic E-state index is 0.230. The quantitative estimate of drug-likeness (QED) is 0.851. The highest BCUT2D eigenvalue weighted by Crippen LogP contribution is 2.27. The number of hydrogen-bond donors (Lipinski definition) is 1. The van der Waals surface area contributed by atoms with Crippen molar-refractivity contribution in [3.63, 3.8) is 0 Å². The van der Waals surface area contributed by atoms with Crippen molar-refractivity contribution in [1.82, 2.24) is 10.3 Å². The number of ether oxygens (including phenoxy) is 2. The predicted octanol–water partition coefficient (Wildman–Crippen LogP) is 1.12. The van der Waals surface area contributed by atoms with Gasteiger partial charge in [-0.1, -0.05) is 6.07 Å². The lowest BCUT2D eigenvalue weighted by Crippen LogP contribution is -2.48. The first kappa shape index (κ1) is 11.1. The van der Waals surface area contributed by atoms with Gasteiger partial charge < -0.3 is 14.8 Å². The van der Waals surface area contributed by atoms with Gasteiger partial charge in [0, 0.05) is 25.0 Å². The minimum Gasteiger partial charge on any atom is -0.373 e. The highest BCUT2D eigenvalue weighted by Gasteiger charge is 2.39. The Morgan fingerprint density at radius 2 is 2.47 bits per heavy atom. The minimum atomic E-state index is 0.230. The lowest BCUT2D eigenvalue weighted by Gasteiger charge is -2.30. The number of hydrogen-bond acceptors (Lipinski definition) is 4.